The molecule has 130 valence electrons. The topological polar surface area (TPSA) is 83.5 Å². The Labute approximate surface area is 134 Å². The molecule has 0 N–H and O–H groups in total. The molecule has 22 heavy (non-hydrogen) atoms. The Bertz CT molecular complexity index is 425. The Morgan fingerprint density at radius 1 is 1.14 bits per heavy atom. The second kappa shape index (κ2) is 10.7. The minimum Gasteiger partial charge on any atom is -0.748 e. The quantitative estimate of drug-likeness (QED) is 0.169. The van der Waals surface area contributed by atoms with Crippen LogP contribution in [0.4, 0.5) is 0 Å². The highest BCUT2D eigenvalue weighted by Gasteiger charge is 2.27. The molecule has 0 radical (unpaired) electrons. The molecule has 0 rings (SSSR count). The van der Waals surface area contributed by atoms with E-state index in [1.54, 1.807) is 0 Å². The summed E-state index contributed by atoms with van der Waals surface area (Å²) in [6.07, 6.45) is 5.32. The van der Waals surface area contributed by atoms with Crippen molar-refractivity contribution in [2.45, 2.75) is 46.0 Å². The summed E-state index contributed by atoms with van der Waals surface area (Å²) >= 11 is 0. The Kier molecular flexibility index (Phi) is 10.3. The first-order valence-electron chi connectivity index (χ1n) is 7.86. The molecule has 0 aromatic rings. The molecule has 0 bridgehead atoms. The average molecular weight is 335 g/mol. The number of ether oxygens (including phenoxy) is 1. The lowest BCUT2D eigenvalue weighted by Gasteiger charge is -2.38. The highest BCUT2D eigenvalue weighted by molar-refractivity contribution is 7.85. The normalized spacial score (nSPS) is 12.1. The van der Waals surface area contributed by atoms with E-state index in [0.29, 0.717) is 11.0 Å². The van der Waals surface area contributed by atoms with Crippen LogP contribution in [0.2, 0.25) is 0 Å². The third-order valence-electron chi connectivity index (χ3n) is 3.65. The van der Waals surface area contributed by atoms with Crippen molar-refractivity contribution in [2.24, 2.45) is 0 Å². The zero-order valence-electron chi connectivity index (χ0n) is 13.8. The summed E-state index contributed by atoms with van der Waals surface area (Å²) in [4.78, 5) is 11.3. The van der Waals surface area contributed by atoms with E-state index >= 15 is 0 Å². The van der Waals surface area contributed by atoms with Gasteiger partial charge in [0.1, 0.15) is 0 Å². The molecule has 7 heteroatoms. The Hall–Kier alpha value is -0.920. The standard InChI is InChI=1S/C15H29NO5S/c1-4-7-10-16(11-8-5-2,14-21-15(17)6-3)12-9-13-22(18,19)20/h6H,3-5,7-14H2,1-2H3. The van der Waals surface area contributed by atoms with Gasteiger partial charge in [0.25, 0.3) is 0 Å². The van der Waals surface area contributed by atoms with E-state index in [1.165, 1.54) is 0 Å². The molecule has 0 saturated heterocycles. The molecule has 0 fully saturated rings. The van der Waals surface area contributed by atoms with Crippen LogP contribution < -0.4 is 0 Å². The number of nitrogens with zero attached hydrogens (tertiary/aromatic N) is 1. The maximum atomic E-state index is 11.3. The smallest absolute Gasteiger partial charge is 0.334 e. The van der Waals surface area contributed by atoms with Gasteiger partial charge in [-0.25, -0.2) is 13.2 Å². The number of esters is 1. The zero-order chi connectivity index (χ0) is 17.1. The van der Waals surface area contributed by atoms with Crippen LogP contribution in [0.5, 0.6) is 0 Å². The monoisotopic (exact) mass is 335 g/mol. The van der Waals surface area contributed by atoms with Crippen LogP contribution in [-0.4, -0.2) is 55.5 Å². The first-order valence-corrected chi connectivity index (χ1v) is 9.44. The summed E-state index contributed by atoms with van der Waals surface area (Å²) in [5.74, 6) is -0.854. The van der Waals surface area contributed by atoms with Gasteiger partial charge in [-0.05, 0) is 12.8 Å². The first-order chi connectivity index (χ1) is 10.3. The number of hydrogen-bond donors (Lipinski definition) is 0. The lowest BCUT2D eigenvalue weighted by atomic mass is 10.2. The van der Waals surface area contributed by atoms with E-state index in [9.17, 15) is 17.8 Å². The largest absolute Gasteiger partial charge is 0.748 e. The molecule has 0 atom stereocenters. The number of hydrogen-bond acceptors (Lipinski definition) is 5. The summed E-state index contributed by atoms with van der Waals surface area (Å²) in [6, 6.07) is 0. The fraction of sp³-hybridized carbons (Fsp3) is 0.800. The minimum atomic E-state index is -4.21. The molecule has 0 saturated carbocycles. The van der Waals surface area contributed by atoms with Gasteiger partial charge in [-0.2, -0.15) is 0 Å². The van der Waals surface area contributed by atoms with Crippen molar-refractivity contribution in [2.75, 3.05) is 32.1 Å². The average Bonchev–Trinajstić information content (AvgIpc) is 2.46. The molecule has 0 aliphatic carbocycles. The van der Waals surface area contributed by atoms with Crippen LogP contribution in [0.3, 0.4) is 0 Å². The third kappa shape index (κ3) is 9.92. The van der Waals surface area contributed by atoms with Gasteiger partial charge in [0.2, 0.25) is 6.73 Å². The van der Waals surface area contributed by atoms with Crippen molar-refractivity contribution in [3.63, 3.8) is 0 Å². The van der Waals surface area contributed by atoms with Crippen LogP contribution in [0.25, 0.3) is 0 Å². The molecule has 0 spiro atoms. The number of unbranched alkanes of at least 4 members (excludes halogenated alkanes) is 2. The summed E-state index contributed by atoms with van der Waals surface area (Å²) < 4.78 is 38.1. The molecule has 0 aromatic heterocycles. The summed E-state index contributed by atoms with van der Waals surface area (Å²) in [6.45, 7) is 9.86. The van der Waals surface area contributed by atoms with E-state index in [2.05, 4.69) is 20.4 Å². The van der Waals surface area contributed by atoms with Crippen molar-refractivity contribution >= 4 is 16.1 Å². The SMILES string of the molecule is C=CC(=O)OC[N+](CCCC)(CCCC)CCCS(=O)(=O)[O-]. The molecular formula is C15H29NO5S. The zero-order valence-corrected chi connectivity index (χ0v) is 14.6. The van der Waals surface area contributed by atoms with Crippen molar-refractivity contribution < 1.29 is 27.0 Å². The Morgan fingerprint density at radius 3 is 2.05 bits per heavy atom. The van der Waals surface area contributed by atoms with Gasteiger partial charge < -0.3 is 9.29 Å². The van der Waals surface area contributed by atoms with E-state index in [1.807, 2.05) is 0 Å². The molecule has 0 unspecified atom stereocenters. The van der Waals surface area contributed by atoms with Gasteiger partial charge in [0, 0.05) is 18.2 Å². The van der Waals surface area contributed by atoms with Crippen molar-refractivity contribution in [1.29, 1.82) is 0 Å². The maximum absolute atomic E-state index is 11.3. The number of carbonyl (C=O) groups is 1. The Morgan fingerprint density at radius 2 is 1.64 bits per heavy atom. The van der Waals surface area contributed by atoms with Gasteiger partial charge in [0.05, 0.1) is 29.8 Å². The minimum absolute atomic E-state index is 0.198. The van der Waals surface area contributed by atoms with Crippen LogP contribution >= 0.6 is 0 Å². The molecule has 0 aromatic carbocycles. The van der Waals surface area contributed by atoms with Gasteiger partial charge >= 0.3 is 5.97 Å². The van der Waals surface area contributed by atoms with Crippen molar-refractivity contribution in [3.8, 4) is 0 Å². The van der Waals surface area contributed by atoms with Gasteiger partial charge in [-0.1, -0.05) is 33.3 Å². The Balaban J connectivity index is 4.89. The summed E-state index contributed by atoms with van der Waals surface area (Å²) in [5.41, 5.74) is 0. The van der Waals surface area contributed by atoms with Crippen LogP contribution in [-0.2, 0) is 19.6 Å². The molecule has 0 aliphatic heterocycles. The third-order valence-corrected chi connectivity index (χ3v) is 4.43. The number of rotatable bonds is 13. The van der Waals surface area contributed by atoms with E-state index < -0.39 is 16.1 Å². The first kappa shape index (κ1) is 21.1. The predicted octanol–water partition coefficient (Wildman–Crippen LogP) is 2.03. The van der Waals surface area contributed by atoms with E-state index in [-0.39, 0.29) is 18.9 Å². The summed E-state index contributed by atoms with van der Waals surface area (Å²) in [7, 11) is -4.21. The second-order valence-electron chi connectivity index (χ2n) is 5.63. The molecule has 0 amide bonds. The van der Waals surface area contributed by atoms with Gasteiger partial charge in [-0.3, -0.25) is 4.48 Å². The molecule has 0 aliphatic rings. The van der Waals surface area contributed by atoms with Gasteiger partial charge in [0.15, 0.2) is 0 Å². The fourth-order valence-corrected chi connectivity index (χ4v) is 2.83. The highest BCUT2D eigenvalue weighted by atomic mass is 32.2. The van der Waals surface area contributed by atoms with E-state index in [4.69, 9.17) is 4.74 Å². The number of carbonyl (C=O) groups excluding carboxylic acids is 1. The lowest BCUT2D eigenvalue weighted by Crippen LogP contribution is -2.52. The fourth-order valence-electron chi connectivity index (χ4n) is 2.35. The highest BCUT2D eigenvalue weighted by Crippen LogP contribution is 2.15. The summed E-state index contributed by atoms with van der Waals surface area (Å²) in [5, 5.41) is 0. The molecular weight excluding hydrogens is 306 g/mol. The second-order valence-corrected chi connectivity index (χ2v) is 7.16. The van der Waals surface area contributed by atoms with Crippen LogP contribution in [0, 0.1) is 0 Å². The van der Waals surface area contributed by atoms with E-state index in [0.717, 1.165) is 44.8 Å². The maximum Gasteiger partial charge on any atom is 0.334 e. The molecule has 6 nitrogen and oxygen atoms in total. The molecule has 0 heterocycles. The van der Waals surface area contributed by atoms with Gasteiger partial charge in [-0.15, -0.1) is 0 Å². The lowest BCUT2D eigenvalue weighted by molar-refractivity contribution is -0.944. The number of quaternary nitrogens is 1. The predicted molar refractivity (Wildman–Crippen MR) is 85.0 cm³/mol. The van der Waals surface area contributed by atoms with Crippen LogP contribution in [0.1, 0.15) is 46.0 Å². The van der Waals surface area contributed by atoms with Crippen LogP contribution in [0.15, 0.2) is 12.7 Å². The van der Waals surface area contributed by atoms with Crippen molar-refractivity contribution in [3.05, 3.63) is 12.7 Å². The van der Waals surface area contributed by atoms with Crippen molar-refractivity contribution in [1.82, 2.24) is 0 Å².